The van der Waals surface area contributed by atoms with E-state index >= 15 is 0 Å². The van der Waals surface area contributed by atoms with Gasteiger partial charge in [0.2, 0.25) is 0 Å². The summed E-state index contributed by atoms with van der Waals surface area (Å²) in [6.45, 7) is 39.2. The largest absolute Gasteiger partial charge is 0.299 e. The molecule has 5 aliphatic heterocycles. The summed E-state index contributed by atoms with van der Waals surface area (Å²) >= 11 is 0. The van der Waals surface area contributed by atoms with Crippen molar-refractivity contribution in [2.24, 2.45) is 0 Å². The first kappa shape index (κ1) is 64.1. The number of ketones is 1. The average Bonchev–Trinajstić information content (AvgIpc) is 0.730. The lowest BCUT2D eigenvalue weighted by molar-refractivity contribution is -0.111. The van der Waals surface area contributed by atoms with Gasteiger partial charge in [-0.15, -0.1) is 0 Å². The fourth-order valence-corrected chi connectivity index (χ4v) is 16.9. The van der Waals surface area contributed by atoms with Crippen LogP contribution in [0.25, 0.3) is 11.1 Å². The molecule has 3 aliphatic carbocycles. The van der Waals surface area contributed by atoms with Gasteiger partial charge in [-0.25, -0.2) is 0 Å². The third-order valence-electron chi connectivity index (χ3n) is 23.5. The highest BCUT2D eigenvalue weighted by atomic mass is 16.1. The number of hydrogen-bond donors (Lipinski definition) is 0. The summed E-state index contributed by atoms with van der Waals surface area (Å²) in [4.78, 5) is 22.5. The Balaban J connectivity index is 0.000000122. The lowest BCUT2D eigenvalue weighted by Gasteiger charge is -2.53. The van der Waals surface area contributed by atoms with Gasteiger partial charge in [0.1, 0.15) is 0 Å². The van der Waals surface area contributed by atoms with Gasteiger partial charge in [-0.1, -0.05) is 98.4 Å². The van der Waals surface area contributed by atoms with Crippen molar-refractivity contribution >= 4 is 5.78 Å². The number of rotatable bonds is 2. The normalized spacial score (nSPS) is 21.9. The fourth-order valence-electron chi connectivity index (χ4n) is 16.9. The van der Waals surface area contributed by atoms with Gasteiger partial charge in [-0.05, 0) is 356 Å². The number of allylic oxidation sites excluding steroid dienone is 3. The van der Waals surface area contributed by atoms with Gasteiger partial charge in [-0.3, -0.25) is 24.4 Å². The van der Waals surface area contributed by atoms with Gasteiger partial charge in [0, 0.05) is 55.8 Å². The monoisotopic (exact) mass is 1180 g/mol. The van der Waals surface area contributed by atoms with Crippen LogP contribution >= 0.6 is 0 Å². The number of fused-ring (bicyclic) bond motifs is 8. The molecule has 2 bridgehead atoms. The molecule has 5 atom stereocenters. The summed E-state index contributed by atoms with van der Waals surface area (Å²) in [7, 11) is 6.75. The molecule has 0 aromatic heterocycles. The molecule has 0 saturated carbocycles. The summed E-state index contributed by atoms with van der Waals surface area (Å²) in [6.07, 6.45) is 13.3. The third kappa shape index (κ3) is 11.5. The average molecular weight is 1190 g/mol. The number of benzene rings is 7. The highest BCUT2D eigenvalue weighted by molar-refractivity contribution is 6.06. The Hall–Kier alpha value is -6.47. The van der Waals surface area contributed by atoms with Crippen LogP contribution < -0.4 is 0 Å². The molecule has 1 fully saturated rings. The Bertz CT molecular complexity index is 3980. The van der Waals surface area contributed by atoms with E-state index in [1.165, 1.54) is 156 Å². The van der Waals surface area contributed by atoms with Gasteiger partial charge < -0.3 is 0 Å². The molecule has 466 valence electrons. The zero-order valence-electron chi connectivity index (χ0n) is 56.9. The van der Waals surface area contributed by atoms with Crippen LogP contribution in [-0.4, -0.2) is 78.7 Å². The molecule has 0 N–H and O–H groups in total. The molecule has 0 amide bonds. The van der Waals surface area contributed by atoms with E-state index in [1.54, 1.807) is 44.5 Å². The maximum atomic E-state index is 12.3. The van der Waals surface area contributed by atoms with E-state index in [0.717, 1.165) is 50.9 Å². The Morgan fingerprint density at radius 2 is 0.978 bits per heavy atom. The van der Waals surface area contributed by atoms with Crippen LogP contribution in [0.3, 0.4) is 0 Å². The predicted molar refractivity (Wildman–Crippen MR) is 377 cm³/mol. The molecule has 8 aliphatic rings. The number of likely N-dealkylation sites (tertiary alicyclic amines) is 1. The summed E-state index contributed by atoms with van der Waals surface area (Å²) < 4.78 is 0. The minimum absolute atomic E-state index is 0. The maximum absolute atomic E-state index is 12.3. The smallest absolute Gasteiger partial charge is 0.181 e. The van der Waals surface area contributed by atoms with Crippen molar-refractivity contribution in [2.75, 3.05) is 47.3 Å². The summed E-state index contributed by atoms with van der Waals surface area (Å²) in [5.41, 5.74) is 43.8. The first-order valence-corrected chi connectivity index (χ1v) is 33.4. The number of aryl methyl sites for hydroxylation is 10. The number of hydrogen-bond acceptors (Lipinski definition) is 5. The van der Waals surface area contributed by atoms with E-state index in [9.17, 15) is 4.79 Å². The zero-order valence-corrected chi connectivity index (χ0v) is 56.9. The van der Waals surface area contributed by atoms with Crippen molar-refractivity contribution in [3.8, 4) is 11.1 Å². The van der Waals surface area contributed by atoms with Gasteiger partial charge in [0.25, 0.3) is 0 Å². The topological polar surface area (TPSA) is 30.0 Å². The molecule has 7 aromatic carbocycles. The summed E-state index contributed by atoms with van der Waals surface area (Å²) in [6, 6.07) is 35.0. The van der Waals surface area contributed by atoms with Crippen LogP contribution in [0.1, 0.15) is 184 Å². The van der Waals surface area contributed by atoms with Crippen LogP contribution in [0.4, 0.5) is 0 Å². The number of carbonyl (C=O) groups excluding carboxylic acids is 1. The summed E-state index contributed by atoms with van der Waals surface area (Å²) in [5.74, 6) is 0.194. The van der Waals surface area contributed by atoms with Gasteiger partial charge in [0.05, 0.1) is 0 Å². The minimum Gasteiger partial charge on any atom is -0.299 e. The number of piperidine rings is 1. The zero-order chi connectivity index (χ0) is 62.5. The van der Waals surface area contributed by atoms with E-state index in [2.05, 4.69) is 229 Å². The van der Waals surface area contributed by atoms with Crippen molar-refractivity contribution in [2.45, 2.75) is 199 Å². The maximum Gasteiger partial charge on any atom is 0.181 e. The Morgan fingerprint density at radius 3 is 1.69 bits per heavy atom. The molecule has 15 rings (SSSR count). The van der Waals surface area contributed by atoms with Crippen LogP contribution in [0.2, 0.25) is 0 Å². The summed E-state index contributed by atoms with van der Waals surface area (Å²) in [5, 5.41) is 0. The fraction of sp³-hybridized carbons (Fsp3) is 0.440. The highest BCUT2D eigenvalue weighted by Crippen LogP contribution is 2.53. The minimum atomic E-state index is -0.0428. The van der Waals surface area contributed by atoms with Gasteiger partial charge in [-0.2, -0.15) is 0 Å². The molecular weight excluding hydrogens is 1080 g/mol. The van der Waals surface area contributed by atoms with Crippen LogP contribution in [0, 0.1) is 96.9 Å². The Kier molecular flexibility index (Phi) is 18.0. The first-order chi connectivity index (χ1) is 41.9. The first-order valence-electron chi connectivity index (χ1n) is 33.4. The molecule has 1 saturated heterocycles. The van der Waals surface area contributed by atoms with E-state index in [1.807, 2.05) is 13.0 Å². The van der Waals surface area contributed by atoms with E-state index < -0.39 is 0 Å². The van der Waals surface area contributed by atoms with Crippen molar-refractivity contribution < 1.29 is 4.79 Å². The van der Waals surface area contributed by atoms with Crippen LogP contribution in [0.5, 0.6) is 0 Å². The molecule has 5 heteroatoms. The van der Waals surface area contributed by atoms with E-state index in [0.29, 0.717) is 24.2 Å². The second kappa shape index (κ2) is 25.0. The molecule has 0 radical (unpaired) electrons. The van der Waals surface area contributed by atoms with Crippen LogP contribution in [0.15, 0.2) is 108 Å². The van der Waals surface area contributed by atoms with Crippen molar-refractivity contribution in [1.29, 1.82) is 0 Å². The second-order valence-corrected chi connectivity index (χ2v) is 28.7. The van der Waals surface area contributed by atoms with Gasteiger partial charge >= 0.3 is 0 Å². The lowest BCUT2D eigenvalue weighted by atomic mass is 9.57. The Morgan fingerprint density at radius 1 is 0.449 bits per heavy atom. The highest BCUT2D eigenvalue weighted by Gasteiger charge is 2.50. The molecule has 89 heavy (non-hydrogen) atoms. The third-order valence-corrected chi connectivity index (χ3v) is 23.5. The SMILES string of the molecule is C.CC1=C[C@]23CCN(C)[C@H](Cc4ccc(C)c(C)c42)C3=CC1=O.Cc1cc2c(cc1C)C1Cc3ccc(C)c(C)c3CN1CC2.Cc1ccc(CC2c3cc(C)c(C)cc3CCN2C)cc1C.Cc1ccc2c(c1C)-c1c(C)c(C)cc3c1C(C2)N(C)CC3. The number of likely N-dealkylation sites (N-methyl/N-ethyl adjacent to an activating group) is 3. The molecule has 7 aromatic rings. The molecule has 5 heterocycles. The van der Waals surface area contributed by atoms with Crippen molar-refractivity contribution in [1.82, 2.24) is 19.6 Å². The van der Waals surface area contributed by atoms with Crippen LogP contribution in [-0.2, 0) is 61.7 Å². The van der Waals surface area contributed by atoms with Crippen molar-refractivity contribution in [3.05, 3.63) is 253 Å². The molecule has 0 spiro atoms. The number of carbonyl (C=O) groups is 1. The Labute approximate surface area is 537 Å². The quantitative estimate of drug-likeness (QED) is 0.172. The van der Waals surface area contributed by atoms with Gasteiger partial charge in [0.15, 0.2) is 5.78 Å². The number of nitrogens with zero attached hydrogens (tertiary/aromatic N) is 4. The second-order valence-electron chi connectivity index (χ2n) is 28.7. The predicted octanol–water partition coefficient (Wildman–Crippen LogP) is 17.8. The van der Waals surface area contributed by atoms with Crippen molar-refractivity contribution in [3.63, 3.8) is 0 Å². The lowest BCUT2D eigenvalue weighted by Crippen LogP contribution is -2.54. The molecule has 3 unspecified atom stereocenters. The van der Waals surface area contributed by atoms with E-state index in [4.69, 9.17) is 0 Å². The standard InChI is InChI=1S/2C21H25N.C21H27N.C20H23NO.CH4/c1-12-6-7-16-11-18-21-17(8-9-22(18)5)10-13(2)15(4)20(21)19(16)14(12)3;1-13-5-6-17-11-21-19-10-15(3)14(2)9-18(19)7-8-22(21)12-20(17)16(13)4;1-14-6-7-18(10-15(14)2)13-21-20-12-17(4)16(3)11-19(20)8-9-22(21)5;1-12-5-6-15-9-17-16-10-18(22)13(2)11-20(16,7-8-21(17)4)19(15)14(12)3;/h6-7,10,18H,8-9,11H2,1-5H3;5-6,9-10,21H,7-8,11-12H2,1-4H3;6-7,10-12,21H,8-9,13H2,1-5H3;5-6,10-11,17H,7-9H2,1-4H3;1H4/t;;;17-,20+;/m...1./s1. The molecule has 5 nitrogen and oxygen atoms in total. The van der Waals surface area contributed by atoms with E-state index in [-0.39, 0.29) is 18.6 Å². The molecular formula is C84H104N4O.